The van der Waals surface area contributed by atoms with Crippen LogP contribution in [0.25, 0.3) is 10.8 Å². The minimum absolute atomic E-state index is 0.167. The van der Waals surface area contributed by atoms with Crippen molar-refractivity contribution in [3.8, 4) is 0 Å². The Labute approximate surface area is 159 Å². The van der Waals surface area contributed by atoms with Crippen LogP contribution in [-0.2, 0) is 29.5 Å². The highest BCUT2D eigenvalue weighted by Gasteiger charge is 2.53. The molecule has 4 nitrogen and oxygen atoms in total. The number of fused-ring (bicyclic) bond motifs is 4. The number of benzene rings is 2. The molecule has 1 atom stereocenters. The second-order valence-corrected chi connectivity index (χ2v) is 7.87. The summed E-state index contributed by atoms with van der Waals surface area (Å²) in [6.45, 7) is 0.716. The highest BCUT2D eigenvalue weighted by Crippen LogP contribution is 2.49. The van der Waals surface area contributed by atoms with Crippen LogP contribution in [0, 0.1) is 0 Å². The van der Waals surface area contributed by atoms with Crippen molar-refractivity contribution >= 4 is 22.5 Å². The van der Waals surface area contributed by atoms with Crippen LogP contribution >= 0.6 is 0 Å². The number of hydrogen-bond acceptors (Lipinski definition) is 3. The van der Waals surface area contributed by atoms with Gasteiger partial charge in [0.1, 0.15) is 5.82 Å². The molecule has 0 saturated carbocycles. The zero-order chi connectivity index (χ0) is 18.6. The fourth-order valence-electron chi connectivity index (χ4n) is 4.86. The molecule has 0 bridgehead atoms. The number of amides is 1. The minimum Gasteiger partial charge on any atom is -0.330 e. The van der Waals surface area contributed by atoms with Gasteiger partial charge in [0, 0.05) is 18.8 Å². The van der Waals surface area contributed by atoms with E-state index >= 15 is 0 Å². The highest BCUT2D eigenvalue weighted by molar-refractivity contribution is 6.08. The van der Waals surface area contributed by atoms with Crippen LogP contribution in [0.4, 0.5) is 5.82 Å². The minimum atomic E-state index is -0.486. The van der Waals surface area contributed by atoms with Crippen LogP contribution in [0.1, 0.15) is 28.7 Å². The number of pyridine rings is 1. The van der Waals surface area contributed by atoms with Crippen molar-refractivity contribution < 1.29 is 4.79 Å². The van der Waals surface area contributed by atoms with Crippen LogP contribution < -0.4 is 10.6 Å². The normalized spacial score (nSPS) is 20.5. The zero-order valence-corrected chi connectivity index (χ0v) is 15.5. The number of hydrogen-bond donors (Lipinski definition) is 1. The average molecular weight is 357 g/mol. The van der Waals surface area contributed by atoms with E-state index in [1.54, 1.807) is 11.1 Å². The molecule has 1 amide bonds. The summed E-state index contributed by atoms with van der Waals surface area (Å²) in [6, 6.07) is 15.2. The number of aryl methyl sites for hydroxylation is 1. The van der Waals surface area contributed by atoms with E-state index in [4.69, 9.17) is 5.73 Å². The van der Waals surface area contributed by atoms with Gasteiger partial charge in [-0.05, 0) is 65.8 Å². The largest absolute Gasteiger partial charge is 0.330 e. The van der Waals surface area contributed by atoms with Gasteiger partial charge in [-0.25, -0.2) is 4.98 Å². The summed E-state index contributed by atoms with van der Waals surface area (Å²) in [5.74, 6) is 0.976. The molecule has 4 heteroatoms. The second-order valence-electron chi connectivity index (χ2n) is 7.87. The van der Waals surface area contributed by atoms with Crippen molar-refractivity contribution in [2.45, 2.75) is 31.1 Å². The number of likely N-dealkylation sites (N-methyl/N-ethyl adjacent to an activating group) is 1. The van der Waals surface area contributed by atoms with E-state index in [1.165, 1.54) is 27.5 Å². The van der Waals surface area contributed by atoms with Gasteiger partial charge in [0.15, 0.2) is 0 Å². The molecule has 1 unspecified atom stereocenters. The van der Waals surface area contributed by atoms with Gasteiger partial charge >= 0.3 is 0 Å². The maximum atomic E-state index is 13.2. The van der Waals surface area contributed by atoms with Crippen LogP contribution in [0.2, 0.25) is 0 Å². The fraction of sp³-hybridized carbons (Fsp3) is 0.304. The van der Waals surface area contributed by atoms with E-state index < -0.39 is 5.41 Å². The molecule has 1 spiro atoms. The number of carbonyl (C=O) groups is 1. The lowest BCUT2D eigenvalue weighted by atomic mass is 9.79. The Kier molecular flexibility index (Phi) is 3.59. The summed E-state index contributed by atoms with van der Waals surface area (Å²) in [5, 5.41) is 2.50. The molecule has 2 N–H and O–H groups in total. The summed E-state index contributed by atoms with van der Waals surface area (Å²) < 4.78 is 0. The van der Waals surface area contributed by atoms with Crippen LogP contribution in [0.15, 0.2) is 48.7 Å². The predicted molar refractivity (Wildman–Crippen MR) is 108 cm³/mol. The van der Waals surface area contributed by atoms with Crippen LogP contribution in [0.3, 0.4) is 0 Å². The van der Waals surface area contributed by atoms with Gasteiger partial charge in [0.25, 0.3) is 0 Å². The third-order valence-electron chi connectivity index (χ3n) is 6.21. The molecule has 5 rings (SSSR count). The molecular weight excluding hydrogens is 334 g/mol. The van der Waals surface area contributed by atoms with E-state index in [0.717, 1.165) is 37.1 Å². The Balaban J connectivity index is 1.58. The molecule has 0 fully saturated rings. The molecule has 1 aromatic heterocycles. The van der Waals surface area contributed by atoms with Gasteiger partial charge in [-0.2, -0.15) is 0 Å². The Morgan fingerprint density at radius 1 is 1.11 bits per heavy atom. The average Bonchev–Trinajstić information content (AvgIpc) is 3.16. The first-order valence-corrected chi connectivity index (χ1v) is 9.60. The summed E-state index contributed by atoms with van der Waals surface area (Å²) in [4.78, 5) is 19.4. The van der Waals surface area contributed by atoms with Gasteiger partial charge in [-0.15, -0.1) is 0 Å². The summed E-state index contributed by atoms with van der Waals surface area (Å²) in [7, 11) is 1.84. The quantitative estimate of drug-likeness (QED) is 0.783. The van der Waals surface area contributed by atoms with Gasteiger partial charge in [0.05, 0.1) is 5.41 Å². The molecule has 0 radical (unpaired) electrons. The maximum Gasteiger partial charge on any atom is 0.239 e. The number of nitrogens with zero attached hydrogens (tertiary/aromatic N) is 2. The molecular formula is C23H23N3O. The van der Waals surface area contributed by atoms with Crippen LogP contribution in [-0.4, -0.2) is 24.5 Å². The summed E-state index contributed by atoms with van der Waals surface area (Å²) in [5.41, 5.74) is 10.1. The third-order valence-corrected chi connectivity index (χ3v) is 6.21. The lowest BCUT2D eigenvalue weighted by Crippen LogP contribution is -2.39. The number of nitrogens with two attached hydrogens (primary N) is 1. The van der Waals surface area contributed by atoms with Crippen molar-refractivity contribution in [2.75, 3.05) is 18.5 Å². The Morgan fingerprint density at radius 3 is 2.67 bits per heavy atom. The summed E-state index contributed by atoms with van der Waals surface area (Å²) in [6.07, 6.45) is 5.29. The Bertz CT molecular complexity index is 1070. The lowest BCUT2D eigenvalue weighted by molar-refractivity contribution is -0.122. The second kappa shape index (κ2) is 5.89. The Morgan fingerprint density at radius 2 is 1.89 bits per heavy atom. The van der Waals surface area contributed by atoms with E-state index in [-0.39, 0.29) is 5.91 Å². The standard InChI is InChI=1S/C23H23N3O/c1-26-21-20(5-3-9-25-21)23(22(26)27)13-18-11-16-7-6-15(4-2-8-24)10-17(16)12-19(18)14-23/h3,5-7,9-12H,2,4,8,13-14,24H2,1H3. The van der Waals surface area contributed by atoms with Crippen molar-refractivity contribution in [1.29, 1.82) is 0 Å². The number of aromatic nitrogens is 1. The number of anilines is 1. The van der Waals surface area contributed by atoms with Gasteiger partial charge < -0.3 is 5.73 Å². The van der Waals surface area contributed by atoms with Gasteiger partial charge in [0.2, 0.25) is 5.91 Å². The lowest BCUT2D eigenvalue weighted by Gasteiger charge is -2.21. The Hall–Kier alpha value is -2.72. The van der Waals surface area contributed by atoms with Gasteiger partial charge in [-0.3, -0.25) is 9.69 Å². The molecule has 27 heavy (non-hydrogen) atoms. The topological polar surface area (TPSA) is 59.2 Å². The highest BCUT2D eigenvalue weighted by atomic mass is 16.2. The zero-order valence-electron chi connectivity index (χ0n) is 15.5. The predicted octanol–water partition coefficient (Wildman–Crippen LogP) is 3.14. The molecule has 0 saturated heterocycles. The van der Waals surface area contributed by atoms with E-state index in [0.29, 0.717) is 6.54 Å². The first-order chi connectivity index (χ1) is 13.1. The fourth-order valence-corrected chi connectivity index (χ4v) is 4.86. The molecule has 2 aliphatic rings. The molecule has 2 aromatic carbocycles. The van der Waals surface area contributed by atoms with Crippen molar-refractivity contribution in [1.82, 2.24) is 4.98 Å². The van der Waals surface area contributed by atoms with Crippen molar-refractivity contribution in [2.24, 2.45) is 5.73 Å². The molecule has 1 aliphatic carbocycles. The SMILES string of the molecule is CN1C(=O)C2(Cc3cc4ccc(CCCN)cc4cc3C2)c2cccnc21. The molecule has 136 valence electrons. The molecule has 3 aromatic rings. The number of carbonyl (C=O) groups excluding carboxylic acids is 1. The maximum absolute atomic E-state index is 13.2. The van der Waals surface area contributed by atoms with Crippen molar-refractivity contribution in [3.05, 3.63) is 70.9 Å². The number of rotatable bonds is 3. The van der Waals surface area contributed by atoms with E-state index in [1.807, 2.05) is 13.1 Å². The van der Waals surface area contributed by atoms with E-state index in [2.05, 4.69) is 41.4 Å². The smallest absolute Gasteiger partial charge is 0.239 e. The van der Waals surface area contributed by atoms with Crippen LogP contribution in [0.5, 0.6) is 0 Å². The van der Waals surface area contributed by atoms with Gasteiger partial charge in [-0.1, -0.05) is 36.4 Å². The first kappa shape index (κ1) is 16.5. The molecule has 2 heterocycles. The van der Waals surface area contributed by atoms with E-state index in [9.17, 15) is 4.79 Å². The third kappa shape index (κ3) is 2.33. The molecule has 1 aliphatic heterocycles. The monoisotopic (exact) mass is 357 g/mol. The summed E-state index contributed by atoms with van der Waals surface area (Å²) >= 11 is 0. The first-order valence-electron chi connectivity index (χ1n) is 9.60. The van der Waals surface area contributed by atoms with Crippen molar-refractivity contribution in [3.63, 3.8) is 0 Å².